The quantitative estimate of drug-likeness (QED) is 0.827. The first-order valence-corrected chi connectivity index (χ1v) is 6.55. The van der Waals surface area contributed by atoms with Crippen molar-refractivity contribution in [1.82, 2.24) is 10.6 Å². The minimum Gasteiger partial charge on any atom is -0.355 e. The van der Waals surface area contributed by atoms with Crippen LogP contribution < -0.4 is 10.6 Å². The Bertz CT molecular complexity index is 432. The molecule has 0 radical (unpaired) electrons. The molecule has 106 valence electrons. The number of hydrogen-bond donors (Lipinski definition) is 2. The molecule has 0 bridgehead atoms. The van der Waals surface area contributed by atoms with Crippen LogP contribution in [0.1, 0.15) is 26.3 Å². The zero-order chi connectivity index (χ0) is 14.5. The van der Waals surface area contributed by atoms with E-state index >= 15 is 0 Å². The first-order valence-electron chi connectivity index (χ1n) is 6.55. The summed E-state index contributed by atoms with van der Waals surface area (Å²) in [5, 5.41) is 5.90. The predicted octanol–water partition coefficient (Wildman–Crippen LogP) is 2.08. The van der Waals surface area contributed by atoms with Crippen molar-refractivity contribution in [3.63, 3.8) is 0 Å². The van der Waals surface area contributed by atoms with Crippen LogP contribution in [-0.2, 0) is 10.2 Å². The maximum atomic E-state index is 13.2. The highest BCUT2D eigenvalue weighted by molar-refractivity contribution is 5.78. The topological polar surface area (TPSA) is 41.1 Å². The molecule has 2 N–H and O–H groups in total. The second-order valence-corrected chi connectivity index (χ2v) is 5.57. The first-order chi connectivity index (χ1) is 8.86. The zero-order valence-electron chi connectivity index (χ0n) is 12.1. The highest BCUT2D eigenvalue weighted by atomic mass is 19.1. The molecule has 4 heteroatoms. The van der Waals surface area contributed by atoms with Gasteiger partial charge in [0.15, 0.2) is 0 Å². The van der Waals surface area contributed by atoms with Crippen molar-refractivity contribution in [2.24, 2.45) is 5.92 Å². The van der Waals surface area contributed by atoms with E-state index in [1.54, 1.807) is 6.07 Å². The molecule has 1 aromatic rings. The van der Waals surface area contributed by atoms with Crippen LogP contribution >= 0.6 is 0 Å². The van der Waals surface area contributed by atoms with Crippen LogP contribution in [-0.4, -0.2) is 26.0 Å². The molecule has 0 saturated carbocycles. The average molecular weight is 266 g/mol. The van der Waals surface area contributed by atoms with Gasteiger partial charge < -0.3 is 10.6 Å². The molecule has 1 unspecified atom stereocenters. The minimum absolute atomic E-state index is 0.0128. The molecule has 1 aromatic carbocycles. The van der Waals surface area contributed by atoms with Gasteiger partial charge in [0.25, 0.3) is 0 Å². The zero-order valence-corrected chi connectivity index (χ0v) is 12.1. The predicted molar refractivity (Wildman–Crippen MR) is 75.5 cm³/mol. The molecule has 1 amide bonds. The summed E-state index contributed by atoms with van der Waals surface area (Å²) in [6.45, 7) is 6.99. The summed E-state index contributed by atoms with van der Waals surface area (Å²) in [6, 6.07) is 6.51. The van der Waals surface area contributed by atoms with Gasteiger partial charge in [0.1, 0.15) is 5.82 Å². The summed E-state index contributed by atoms with van der Waals surface area (Å²) in [5.41, 5.74) is 0.589. The summed E-state index contributed by atoms with van der Waals surface area (Å²) in [5.74, 6) is -0.312. The van der Waals surface area contributed by atoms with Crippen LogP contribution in [0, 0.1) is 11.7 Å². The van der Waals surface area contributed by atoms with Gasteiger partial charge in [0, 0.05) is 24.4 Å². The second-order valence-electron chi connectivity index (χ2n) is 5.57. The molecule has 0 aliphatic carbocycles. The third-order valence-electron chi connectivity index (χ3n) is 3.27. The minimum atomic E-state index is -0.295. The smallest absolute Gasteiger partial charge is 0.224 e. The number of halogens is 1. The molecule has 0 aliphatic heterocycles. The van der Waals surface area contributed by atoms with Crippen molar-refractivity contribution in [3.05, 3.63) is 35.6 Å². The Kier molecular flexibility index (Phi) is 5.48. The van der Waals surface area contributed by atoms with E-state index in [-0.39, 0.29) is 23.1 Å². The molecule has 0 heterocycles. The Morgan fingerprint density at radius 3 is 2.68 bits per heavy atom. The molecular formula is C15H23FN2O. The van der Waals surface area contributed by atoms with E-state index in [1.807, 2.05) is 33.9 Å². The summed E-state index contributed by atoms with van der Waals surface area (Å²) in [7, 11) is 1.82. The second kappa shape index (κ2) is 6.66. The maximum Gasteiger partial charge on any atom is 0.224 e. The van der Waals surface area contributed by atoms with Gasteiger partial charge in [-0.15, -0.1) is 0 Å². The SMILES string of the molecule is CNCC(C)C(=O)NCC(C)(C)c1cccc(F)c1. The molecule has 0 aliphatic rings. The highest BCUT2D eigenvalue weighted by Crippen LogP contribution is 2.22. The van der Waals surface area contributed by atoms with Gasteiger partial charge in [-0.25, -0.2) is 4.39 Å². The normalized spacial score (nSPS) is 13.1. The van der Waals surface area contributed by atoms with E-state index in [1.165, 1.54) is 12.1 Å². The Balaban J connectivity index is 2.63. The number of carbonyl (C=O) groups is 1. The molecular weight excluding hydrogens is 243 g/mol. The van der Waals surface area contributed by atoms with Gasteiger partial charge >= 0.3 is 0 Å². The van der Waals surface area contributed by atoms with E-state index in [2.05, 4.69) is 10.6 Å². The van der Waals surface area contributed by atoms with Crippen LogP contribution in [0.15, 0.2) is 24.3 Å². The van der Waals surface area contributed by atoms with Crippen LogP contribution in [0.2, 0.25) is 0 Å². The molecule has 1 rings (SSSR count). The molecule has 19 heavy (non-hydrogen) atoms. The molecule has 0 aromatic heterocycles. The lowest BCUT2D eigenvalue weighted by Crippen LogP contribution is -2.41. The fraction of sp³-hybridized carbons (Fsp3) is 0.533. The Labute approximate surface area is 114 Å². The standard InChI is InChI=1S/C15H23FN2O/c1-11(9-17-4)14(19)18-10-15(2,3)12-6-5-7-13(16)8-12/h5-8,11,17H,9-10H2,1-4H3,(H,18,19). The number of hydrogen-bond acceptors (Lipinski definition) is 2. The first kappa shape index (κ1) is 15.6. The fourth-order valence-corrected chi connectivity index (χ4v) is 1.89. The third kappa shape index (κ3) is 4.63. The number of benzene rings is 1. The van der Waals surface area contributed by atoms with E-state index < -0.39 is 0 Å². The summed E-state index contributed by atoms with van der Waals surface area (Å²) in [4.78, 5) is 11.9. The average Bonchev–Trinajstić information content (AvgIpc) is 2.36. The van der Waals surface area contributed by atoms with Crippen molar-refractivity contribution in [3.8, 4) is 0 Å². The van der Waals surface area contributed by atoms with Crippen LogP contribution in [0.25, 0.3) is 0 Å². The van der Waals surface area contributed by atoms with Crippen LogP contribution in [0.3, 0.4) is 0 Å². The van der Waals surface area contributed by atoms with Gasteiger partial charge in [0.05, 0.1) is 0 Å². The van der Waals surface area contributed by atoms with E-state index in [4.69, 9.17) is 0 Å². The van der Waals surface area contributed by atoms with Crippen LogP contribution in [0.4, 0.5) is 4.39 Å². The van der Waals surface area contributed by atoms with Gasteiger partial charge in [-0.05, 0) is 24.7 Å². The van der Waals surface area contributed by atoms with Crippen molar-refractivity contribution in [1.29, 1.82) is 0 Å². The monoisotopic (exact) mass is 266 g/mol. The Morgan fingerprint density at radius 1 is 1.42 bits per heavy atom. The number of rotatable bonds is 6. The summed E-state index contributed by atoms with van der Waals surface area (Å²) >= 11 is 0. The van der Waals surface area contributed by atoms with E-state index in [0.717, 1.165) is 5.56 Å². The summed E-state index contributed by atoms with van der Waals surface area (Å²) < 4.78 is 13.2. The van der Waals surface area contributed by atoms with Crippen molar-refractivity contribution in [2.75, 3.05) is 20.1 Å². The van der Waals surface area contributed by atoms with Crippen LogP contribution in [0.5, 0.6) is 0 Å². The molecule has 3 nitrogen and oxygen atoms in total. The lowest BCUT2D eigenvalue weighted by molar-refractivity contribution is -0.124. The molecule has 0 saturated heterocycles. The van der Waals surface area contributed by atoms with Gasteiger partial charge in [-0.2, -0.15) is 0 Å². The Morgan fingerprint density at radius 2 is 2.11 bits per heavy atom. The van der Waals surface area contributed by atoms with Gasteiger partial charge in [0.2, 0.25) is 5.91 Å². The van der Waals surface area contributed by atoms with E-state index in [0.29, 0.717) is 13.1 Å². The summed E-state index contributed by atoms with van der Waals surface area (Å²) in [6.07, 6.45) is 0. The highest BCUT2D eigenvalue weighted by Gasteiger charge is 2.23. The number of amides is 1. The molecule has 0 fully saturated rings. The number of carbonyl (C=O) groups excluding carboxylic acids is 1. The maximum absolute atomic E-state index is 13.2. The van der Waals surface area contributed by atoms with E-state index in [9.17, 15) is 9.18 Å². The van der Waals surface area contributed by atoms with Crippen molar-refractivity contribution < 1.29 is 9.18 Å². The van der Waals surface area contributed by atoms with Crippen molar-refractivity contribution >= 4 is 5.91 Å². The van der Waals surface area contributed by atoms with Gasteiger partial charge in [-0.1, -0.05) is 32.9 Å². The largest absolute Gasteiger partial charge is 0.355 e. The lowest BCUT2D eigenvalue weighted by Gasteiger charge is -2.26. The Hall–Kier alpha value is -1.42. The fourth-order valence-electron chi connectivity index (χ4n) is 1.89. The van der Waals surface area contributed by atoms with Gasteiger partial charge in [-0.3, -0.25) is 4.79 Å². The van der Waals surface area contributed by atoms with Crippen molar-refractivity contribution in [2.45, 2.75) is 26.2 Å². The number of nitrogens with one attached hydrogen (secondary N) is 2. The molecule has 1 atom stereocenters. The lowest BCUT2D eigenvalue weighted by atomic mass is 9.84. The third-order valence-corrected chi connectivity index (χ3v) is 3.27. The molecule has 0 spiro atoms.